The highest BCUT2D eigenvalue weighted by molar-refractivity contribution is 6.10. The molecule has 0 fully saturated rings. The molecular formula is C50H35NO2. The molecule has 0 radical (unpaired) electrons. The number of fused-ring (bicyclic) bond motifs is 6. The highest BCUT2D eigenvalue weighted by Crippen LogP contribution is 2.39. The minimum absolute atomic E-state index is 0.0388. The van der Waals surface area contributed by atoms with Crippen LogP contribution in [0.3, 0.4) is 0 Å². The number of furan rings is 1. The van der Waals surface area contributed by atoms with E-state index in [1.54, 1.807) is 7.11 Å². The average Bonchev–Trinajstić information content (AvgIpc) is 3.77. The standard InChI is InChI=1S/C50H35NO2/c1-52-41-27-25-40(26-28-41)51-46-13-7-5-11-42(46)44-31-38(23-29-47(44)51)35-17-21-37(22-18-35)50(36-19-15-34(16-20-36)33-9-3-2-4-10-33)39-24-30-49-45(32-39)43-12-6-8-14-48(43)53-49/h2-32,50H,1H3. The van der Waals surface area contributed by atoms with Crippen LogP contribution in [0.4, 0.5) is 0 Å². The van der Waals surface area contributed by atoms with Crippen molar-refractivity contribution in [1.82, 2.24) is 4.57 Å². The zero-order valence-electron chi connectivity index (χ0n) is 29.2. The van der Waals surface area contributed by atoms with Crippen LogP contribution in [-0.2, 0) is 0 Å². The maximum absolute atomic E-state index is 6.21. The summed E-state index contributed by atoms with van der Waals surface area (Å²) in [6.07, 6.45) is 0. The summed E-state index contributed by atoms with van der Waals surface area (Å²) in [5.74, 6) is 0.888. The molecule has 0 aliphatic heterocycles. The predicted molar refractivity (Wildman–Crippen MR) is 219 cm³/mol. The fraction of sp³-hybridized carbons (Fsp3) is 0.0400. The van der Waals surface area contributed by atoms with Gasteiger partial charge in [0.2, 0.25) is 0 Å². The Labute approximate surface area is 308 Å². The van der Waals surface area contributed by atoms with E-state index in [-0.39, 0.29) is 5.92 Å². The van der Waals surface area contributed by atoms with Gasteiger partial charge in [-0.05, 0) is 99.6 Å². The van der Waals surface area contributed by atoms with Crippen molar-refractivity contribution in [2.24, 2.45) is 0 Å². The van der Waals surface area contributed by atoms with E-state index < -0.39 is 0 Å². The summed E-state index contributed by atoms with van der Waals surface area (Å²) in [5.41, 5.74) is 13.8. The van der Waals surface area contributed by atoms with Gasteiger partial charge in [-0.25, -0.2) is 0 Å². The number of rotatable bonds is 7. The quantitative estimate of drug-likeness (QED) is 0.157. The lowest BCUT2D eigenvalue weighted by Gasteiger charge is -2.20. The maximum atomic E-state index is 6.21. The molecule has 0 aliphatic carbocycles. The second-order valence-electron chi connectivity index (χ2n) is 13.7. The van der Waals surface area contributed by atoms with Crippen molar-refractivity contribution in [2.75, 3.05) is 7.11 Å². The van der Waals surface area contributed by atoms with Crippen molar-refractivity contribution >= 4 is 43.7 Å². The van der Waals surface area contributed by atoms with Gasteiger partial charge in [-0.3, -0.25) is 0 Å². The first-order valence-electron chi connectivity index (χ1n) is 18.1. The maximum Gasteiger partial charge on any atom is 0.135 e. The number of benzene rings is 8. The summed E-state index contributed by atoms with van der Waals surface area (Å²) in [5, 5.41) is 4.75. The van der Waals surface area contributed by atoms with Crippen LogP contribution in [0, 0.1) is 0 Å². The molecule has 53 heavy (non-hydrogen) atoms. The summed E-state index contributed by atoms with van der Waals surface area (Å²) < 4.78 is 14.0. The Bertz CT molecular complexity index is 2900. The molecule has 1 atom stereocenters. The molecule has 3 nitrogen and oxygen atoms in total. The first kappa shape index (κ1) is 30.9. The van der Waals surface area contributed by atoms with Gasteiger partial charge in [-0.2, -0.15) is 0 Å². The van der Waals surface area contributed by atoms with Gasteiger partial charge < -0.3 is 13.7 Å². The molecule has 252 valence electrons. The molecule has 0 N–H and O–H groups in total. The zero-order valence-corrected chi connectivity index (χ0v) is 29.2. The lowest BCUT2D eigenvalue weighted by Crippen LogP contribution is -2.03. The van der Waals surface area contributed by atoms with Gasteiger partial charge >= 0.3 is 0 Å². The van der Waals surface area contributed by atoms with Crippen LogP contribution in [0.5, 0.6) is 5.75 Å². The average molecular weight is 682 g/mol. The monoisotopic (exact) mass is 681 g/mol. The molecule has 3 heteroatoms. The number of nitrogens with zero attached hydrogens (tertiary/aromatic N) is 1. The molecule has 8 aromatic carbocycles. The lowest BCUT2D eigenvalue weighted by molar-refractivity contribution is 0.415. The van der Waals surface area contributed by atoms with Crippen molar-refractivity contribution in [3.63, 3.8) is 0 Å². The smallest absolute Gasteiger partial charge is 0.135 e. The van der Waals surface area contributed by atoms with Crippen LogP contribution in [0.15, 0.2) is 192 Å². The molecule has 1 unspecified atom stereocenters. The van der Waals surface area contributed by atoms with Gasteiger partial charge in [-0.15, -0.1) is 0 Å². The van der Waals surface area contributed by atoms with E-state index in [2.05, 4.69) is 168 Å². The second kappa shape index (κ2) is 12.7. The third-order valence-electron chi connectivity index (χ3n) is 10.7. The number of ether oxygens (including phenoxy) is 1. The molecule has 0 spiro atoms. The van der Waals surface area contributed by atoms with E-state index >= 15 is 0 Å². The molecule has 0 bridgehead atoms. The Kier molecular flexibility index (Phi) is 7.43. The van der Waals surface area contributed by atoms with Crippen molar-refractivity contribution < 1.29 is 9.15 Å². The van der Waals surface area contributed by atoms with Crippen LogP contribution in [0.1, 0.15) is 22.6 Å². The first-order chi connectivity index (χ1) is 26.2. The fourth-order valence-electron chi connectivity index (χ4n) is 8.03. The van der Waals surface area contributed by atoms with Gasteiger partial charge in [0.25, 0.3) is 0 Å². The summed E-state index contributed by atoms with van der Waals surface area (Å²) in [7, 11) is 1.70. The topological polar surface area (TPSA) is 27.3 Å². The van der Waals surface area contributed by atoms with Crippen molar-refractivity contribution in [3.05, 3.63) is 205 Å². The number of hydrogen-bond acceptors (Lipinski definition) is 2. The molecule has 0 saturated carbocycles. The number of hydrogen-bond donors (Lipinski definition) is 0. The van der Waals surface area contributed by atoms with E-state index in [1.807, 2.05) is 24.3 Å². The van der Waals surface area contributed by atoms with Crippen molar-refractivity contribution in [2.45, 2.75) is 5.92 Å². The lowest BCUT2D eigenvalue weighted by atomic mass is 9.83. The van der Waals surface area contributed by atoms with Crippen LogP contribution in [0.25, 0.3) is 71.7 Å². The van der Waals surface area contributed by atoms with Gasteiger partial charge in [-0.1, -0.05) is 127 Å². The Morgan fingerprint density at radius 3 is 1.72 bits per heavy atom. The minimum Gasteiger partial charge on any atom is -0.497 e. The van der Waals surface area contributed by atoms with Gasteiger partial charge in [0.1, 0.15) is 16.9 Å². The van der Waals surface area contributed by atoms with Gasteiger partial charge in [0, 0.05) is 33.2 Å². The molecule has 2 heterocycles. The van der Waals surface area contributed by atoms with E-state index in [0.717, 1.165) is 33.4 Å². The van der Waals surface area contributed by atoms with Crippen LogP contribution < -0.4 is 4.74 Å². The molecule has 10 aromatic rings. The molecule has 0 aliphatic rings. The van der Waals surface area contributed by atoms with Gasteiger partial charge in [0.15, 0.2) is 0 Å². The van der Waals surface area contributed by atoms with Crippen LogP contribution in [-0.4, -0.2) is 11.7 Å². The summed E-state index contributed by atoms with van der Waals surface area (Å²) in [6.45, 7) is 0. The fourth-order valence-corrected chi connectivity index (χ4v) is 8.03. The van der Waals surface area contributed by atoms with E-state index in [1.165, 1.54) is 60.8 Å². The zero-order chi connectivity index (χ0) is 35.3. The third kappa shape index (κ3) is 5.37. The molecule has 0 saturated heterocycles. The Balaban J connectivity index is 1.06. The van der Waals surface area contributed by atoms with E-state index in [4.69, 9.17) is 9.15 Å². The summed E-state index contributed by atoms with van der Waals surface area (Å²) >= 11 is 0. The van der Waals surface area contributed by atoms with Gasteiger partial charge in [0.05, 0.1) is 18.1 Å². The summed E-state index contributed by atoms with van der Waals surface area (Å²) in [4.78, 5) is 0. The molecular weight excluding hydrogens is 647 g/mol. The Hall–Kier alpha value is -6.84. The highest BCUT2D eigenvalue weighted by Gasteiger charge is 2.20. The van der Waals surface area contributed by atoms with Crippen molar-refractivity contribution in [1.29, 1.82) is 0 Å². The predicted octanol–water partition coefficient (Wildman–Crippen LogP) is 13.2. The van der Waals surface area contributed by atoms with Crippen LogP contribution in [0.2, 0.25) is 0 Å². The van der Waals surface area contributed by atoms with E-state index in [0.29, 0.717) is 0 Å². The largest absolute Gasteiger partial charge is 0.497 e. The van der Waals surface area contributed by atoms with Crippen LogP contribution >= 0.6 is 0 Å². The Morgan fingerprint density at radius 1 is 0.415 bits per heavy atom. The van der Waals surface area contributed by atoms with E-state index in [9.17, 15) is 0 Å². The van der Waals surface area contributed by atoms with Crippen molar-refractivity contribution in [3.8, 4) is 33.7 Å². The normalized spacial score (nSPS) is 12.2. The third-order valence-corrected chi connectivity index (χ3v) is 10.7. The number of aromatic nitrogens is 1. The molecule has 0 amide bonds. The Morgan fingerprint density at radius 2 is 0.981 bits per heavy atom. The number of para-hydroxylation sites is 2. The second-order valence-corrected chi connectivity index (χ2v) is 13.7. The highest BCUT2D eigenvalue weighted by atomic mass is 16.5. The molecule has 10 rings (SSSR count). The first-order valence-corrected chi connectivity index (χ1v) is 18.1. The number of methoxy groups -OCH3 is 1. The summed E-state index contributed by atoms with van der Waals surface area (Å²) in [6, 6.07) is 67.5. The molecule has 2 aromatic heterocycles. The minimum atomic E-state index is 0.0388. The SMILES string of the molecule is COc1ccc(-n2c3ccccc3c3cc(-c4ccc(C(c5ccc(-c6ccccc6)cc5)c5ccc6oc7ccccc7c6c5)cc4)ccc32)cc1.